The molecule has 124 valence electrons. The summed E-state index contributed by atoms with van der Waals surface area (Å²) in [5.41, 5.74) is 3.49. The van der Waals surface area contributed by atoms with E-state index in [9.17, 15) is 0 Å². The Kier molecular flexibility index (Phi) is 9.32. The highest BCUT2D eigenvalue weighted by atomic mass is 15.1. The molecule has 1 aromatic carbocycles. The van der Waals surface area contributed by atoms with E-state index in [1.165, 1.54) is 11.3 Å². The maximum Gasteiger partial charge on any atom is 0.161 e. The van der Waals surface area contributed by atoms with Gasteiger partial charge in [-0.05, 0) is 23.3 Å². The number of nitrogens with zero attached hydrogens (tertiary/aromatic N) is 1. The van der Waals surface area contributed by atoms with Gasteiger partial charge in [0, 0.05) is 25.4 Å². The Morgan fingerprint density at radius 2 is 1.71 bits per heavy atom. The molecule has 0 aromatic heterocycles. The van der Waals surface area contributed by atoms with E-state index in [-0.39, 0.29) is 0 Å². The largest absolute Gasteiger partial charge is 0.370 e. The van der Waals surface area contributed by atoms with Crippen molar-refractivity contribution >= 4 is 18.0 Å². The summed E-state index contributed by atoms with van der Waals surface area (Å²) in [6.45, 7) is 8.38. The van der Waals surface area contributed by atoms with Crippen LogP contribution in [0, 0.1) is 0 Å². The number of nitrogens with one attached hydrogen (secondary N) is 1. The normalized spacial score (nSPS) is 12.7. The van der Waals surface area contributed by atoms with Gasteiger partial charge in [0.05, 0.1) is 0 Å². The van der Waals surface area contributed by atoms with Crippen molar-refractivity contribution in [2.75, 3.05) is 25.5 Å². The van der Waals surface area contributed by atoms with E-state index in [1.54, 1.807) is 6.08 Å². The average Bonchev–Trinajstić information content (AvgIpc) is 2.61. The van der Waals surface area contributed by atoms with Crippen LogP contribution in [0.2, 0.25) is 0 Å². The molecule has 0 spiro atoms. The van der Waals surface area contributed by atoms with Crippen molar-refractivity contribution < 1.29 is 4.99 Å². The summed E-state index contributed by atoms with van der Waals surface area (Å²) in [4.78, 5) is 5.13. The molecular formula is C22H27N2+. The number of likely N-dealkylation sites (N-methyl/N-ethyl adjacent to an activating group) is 1. The Balaban J connectivity index is 2.63. The highest BCUT2D eigenvalue weighted by molar-refractivity contribution is 5.65. The summed E-state index contributed by atoms with van der Waals surface area (Å²) in [5.74, 6) is 0. The quantitative estimate of drug-likeness (QED) is 0.546. The van der Waals surface area contributed by atoms with E-state index in [4.69, 9.17) is 0 Å². The standard InChI is InChI=1S/C22H26N2/c1-5-12-20(6-2)19-24(4)22-16-14-21(15-17-22)13-10-8-7-9-11-18-23-3/h5-18H,1-2,19H2,3-4H3/p+1/b8-7+,11-9-,13-10+,20-12+,23-18?. The van der Waals surface area contributed by atoms with E-state index in [0.717, 1.165) is 12.1 Å². The summed E-state index contributed by atoms with van der Waals surface area (Å²) in [6.07, 6.45) is 19.6. The highest BCUT2D eigenvalue weighted by Crippen LogP contribution is 2.16. The Morgan fingerprint density at radius 3 is 2.33 bits per heavy atom. The van der Waals surface area contributed by atoms with Crippen molar-refractivity contribution in [3.05, 3.63) is 97.2 Å². The number of hydrogen-bond acceptors (Lipinski definition) is 1. The van der Waals surface area contributed by atoms with Crippen molar-refractivity contribution in [3.63, 3.8) is 0 Å². The molecule has 0 saturated heterocycles. The lowest BCUT2D eigenvalue weighted by molar-refractivity contribution is -0.413. The molecule has 0 radical (unpaired) electrons. The summed E-state index contributed by atoms with van der Waals surface area (Å²) in [6, 6.07) is 8.48. The second-order valence-electron chi connectivity index (χ2n) is 5.21. The molecule has 0 saturated carbocycles. The molecule has 1 N–H and O–H groups in total. The first kappa shape index (κ1) is 19.2. The lowest BCUT2D eigenvalue weighted by atomic mass is 10.1. The van der Waals surface area contributed by atoms with Crippen LogP contribution in [0.1, 0.15) is 5.56 Å². The van der Waals surface area contributed by atoms with Crippen LogP contribution in [-0.4, -0.2) is 26.9 Å². The first-order valence-corrected chi connectivity index (χ1v) is 7.97. The summed E-state index contributed by atoms with van der Waals surface area (Å²) in [5, 5.41) is 0. The lowest BCUT2D eigenvalue weighted by Gasteiger charge is -2.20. The van der Waals surface area contributed by atoms with Gasteiger partial charge in [0.1, 0.15) is 7.05 Å². The Hall–Kier alpha value is -2.87. The van der Waals surface area contributed by atoms with Gasteiger partial charge >= 0.3 is 0 Å². The fourth-order valence-corrected chi connectivity index (χ4v) is 2.05. The minimum Gasteiger partial charge on any atom is -0.370 e. The van der Waals surface area contributed by atoms with Gasteiger partial charge in [-0.3, -0.25) is 4.99 Å². The monoisotopic (exact) mass is 319 g/mol. The maximum atomic E-state index is 3.84. The molecule has 0 bridgehead atoms. The molecule has 2 heteroatoms. The van der Waals surface area contributed by atoms with E-state index in [0.29, 0.717) is 0 Å². The van der Waals surface area contributed by atoms with Crippen LogP contribution in [0.15, 0.2) is 91.6 Å². The lowest BCUT2D eigenvalue weighted by Crippen LogP contribution is -2.62. The zero-order chi connectivity index (χ0) is 17.6. The van der Waals surface area contributed by atoms with Gasteiger partial charge in [-0.1, -0.05) is 73.9 Å². The predicted octanol–water partition coefficient (Wildman–Crippen LogP) is 3.33. The second-order valence-corrected chi connectivity index (χ2v) is 5.21. The van der Waals surface area contributed by atoms with Crippen molar-refractivity contribution in [1.82, 2.24) is 0 Å². The van der Waals surface area contributed by atoms with Crippen LogP contribution in [0.4, 0.5) is 5.69 Å². The summed E-state index contributed by atoms with van der Waals surface area (Å²) < 4.78 is 0. The van der Waals surface area contributed by atoms with Gasteiger partial charge < -0.3 is 4.90 Å². The van der Waals surface area contributed by atoms with Crippen LogP contribution in [-0.2, 0) is 0 Å². The Labute approximate surface area is 146 Å². The fourth-order valence-electron chi connectivity index (χ4n) is 2.05. The molecule has 0 aliphatic carbocycles. The van der Waals surface area contributed by atoms with Gasteiger partial charge in [0.2, 0.25) is 0 Å². The third-order valence-corrected chi connectivity index (χ3v) is 3.34. The SMILES string of the molecule is C=C/C=C(\C=C)CN(C)c1ccc(/C=C/C=C/C=C\C=[NH+]C)cc1. The smallest absolute Gasteiger partial charge is 0.161 e. The van der Waals surface area contributed by atoms with Gasteiger partial charge in [0.15, 0.2) is 6.21 Å². The third kappa shape index (κ3) is 7.41. The van der Waals surface area contributed by atoms with Gasteiger partial charge in [-0.2, -0.15) is 0 Å². The van der Waals surface area contributed by atoms with Crippen LogP contribution >= 0.6 is 0 Å². The van der Waals surface area contributed by atoms with E-state index in [1.807, 2.05) is 55.8 Å². The Morgan fingerprint density at radius 1 is 1.04 bits per heavy atom. The Bertz CT molecular complexity index is 656. The molecule has 0 atom stereocenters. The molecule has 0 aliphatic heterocycles. The van der Waals surface area contributed by atoms with Crippen LogP contribution < -0.4 is 9.89 Å². The van der Waals surface area contributed by atoms with E-state index < -0.39 is 0 Å². The second kappa shape index (κ2) is 11.7. The fraction of sp³-hybridized carbons (Fsp3) is 0.136. The highest BCUT2D eigenvalue weighted by Gasteiger charge is 2.01. The molecule has 0 heterocycles. The van der Waals surface area contributed by atoms with E-state index in [2.05, 4.69) is 60.4 Å². The van der Waals surface area contributed by atoms with Crippen LogP contribution in [0.3, 0.4) is 0 Å². The van der Waals surface area contributed by atoms with Crippen LogP contribution in [0.5, 0.6) is 0 Å². The third-order valence-electron chi connectivity index (χ3n) is 3.34. The van der Waals surface area contributed by atoms with Crippen molar-refractivity contribution in [1.29, 1.82) is 0 Å². The first-order chi connectivity index (χ1) is 11.7. The molecule has 2 nitrogen and oxygen atoms in total. The van der Waals surface area contributed by atoms with Gasteiger partial charge in [-0.25, -0.2) is 0 Å². The molecular weight excluding hydrogens is 292 g/mol. The van der Waals surface area contributed by atoms with Gasteiger partial charge in [-0.15, -0.1) is 0 Å². The molecule has 0 fully saturated rings. The number of allylic oxidation sites excluding steroid dienone is 7. The molecule has 0 amide bonds. The molecule has 0 aliphatic rings. The zero-order valence-electron chi connectivity index (χ0n) is 14.7. The van der Waals surface area contributed by atoms with E-state index >= 15 is 0 Å². The van der Waals surface area contributed by atoms with Crippen molar-refractivity contribution in [3.8, 4) is 0 Å². The molecule has 1 aromatic rings. The van der Waals surface area contributed by atoms with Crippen LogP contribution in [0.25, 0.3) is 6.08 Å². The van der Waals surface area contributed by atoms with Crippen molar-refractivity contribution in [2.24, 2.45) is 0 Å². The number of anilines is 1. The van der Waals surface area contributed by atoms with Gasteiger partial charge in [0.25, 0.3) is 0 Å². The molecule has 1 rings (SSSR count). The molecule has 24 heavy (non-hydrogen) atoms. The number of hydrogen-bond donors (Lipinski definition) is 1. The number of benzene rings is 1. The first-order valence-electron chi connectivity index (χ1n) is 7.97. The topological polar surface area (TPSA) is 17.2 Å². The minimum absolute atomic E-state index is 0.809. The summed E-state index contributed by atoms with van der Waals surface area (Å²) in [7, 11) is 3.95. The van der Waals surface area contributed by atoms with Crippen molar-refractivity contribution in [2.45, 2.75) is 0 Å². The summed E-state index contributed by atoms with van der Waals surface area (Å²) >= 11 is 0. The number of rotatable bonds is 9. The molecule has 0 unspecified atom stereocenters. The average molecular weight is 319 g/mol. The zero-order valence-corrected chi connectivity index (χ0v) is 14.7. The minimum atomic E-state index is 0.809. The maximum absolute atomic E-state index is 3.84. The predicted molar refractivity (Wildman–Crippen MR) is 108 cm³/mol.